The van der Waals surface area contributed by atoms with Crippen LogP contribution in [0.4, 0.5) is 0 Å². The highest BCUT2D eigenvalue weighted by Crippen LogP contribution is 2.29. The quantitative estimate of drug-likeness (QED) is 0.904. The number of aromatic nitrogens is 1. The second-order valence-electron chi connectivity index (χ2n) is 4.40. The second kappa shape index (κ2) is 6.50. The van der Waals surface area contributed by atoms with Crippen molar-refractivity contribution in [1.82, 2.24) is 4.98 Å². The molecule has 102 valence electrons. The Morgan fingerprint density at radius 1 is 1.37 bits per heavy atom. The van der Waals surface area contributed by atoms with E-state index in [1.165, 1.54) is 0 Å². The Hall–Kier alpha value is -0.910. The molecule has 2 N–H and O–H groups in total. The van der Waals surface area contributed by atoms with Gasteiger partial charge in [-0.2, -0.15) is 0 Å². The molecule has 0 aliphatic heterocycles. The molecular formula is C14H17BrN2OS. The molecular weight excluding hydrogens is 324 g/mol. The Morgan fingerprint density at radius 2 is 2.16 bits per heavy atom. The van der Waals surface area contributed by atoms with Crippen LogP contribution in [0, 0.1) is 13.8 Å². The van der Waals surface area contributed by atoms with Gasteiger partial charge in [-0.05, 0) is 50.1 Å². The summed E-state index contributed by atoms with van der Waals surface area (Å²) >= 11 is 5.15. The molecule has 1 aromatic heterocycles. The van der Waals surface area contributed by atoms with Crippen LogP contribution in [-0.2, 0) is 13.0 Å². The van der Waals surface area contributed by atoms with Crippen molar-refractivity contribution in [3.05, 3.63) is 43.8 Å². The monoisotopic (exact) mass is 340 g/mol. The van der Waals surface area contributed by atoms with Crippen molar-refractivity contribution in [2.24, 2.45) is 5.73 Å². The molecule has 5 heteroatoms. The molecule has 0 spiro atoms. The maximum atomic E-state index is 5.94. The molecule has 0 atom stereocenters. The van der Waals surface area contributed by atoms with E-state index >= 15 is 0 Å². The molecule has 0 fully saturated rings. The Labute approximate surface area is 125 Å². The van der Waals surface area contributed by atoms with Gasteiger partial charge >= 0.3 is 0 Å². The predicted molar refractivity (Wildman–Crippen MR) is 82.8 cm³/mol. The van der Waals surface area contributed by atoms with Crippen molar-refractivity contribution in [2.45, 2.75) is 26.9 Å². The highest BCUT2D eigenvalue weighted by Gasteiger charge is 2.09. The van der Waals surface area contributed by atoms with Gasteiger partial charge in [0.1, 0.15) is 12.4 Å². The van der Waals surface area contributed by atoms with Gasteiger partial charge in [0.2, 0.25) is 0 Å². The molecule has 0 aliphatic carbocycles. The van der Waals surface area contributed by atoms with Crippen LogP contribution in [0.2, 0.25) is 0 Å². The number of aryl methyl sites for hydroxylation is 2. The van der Waals surface area contributed by atoms with Crippen LogP contribution in [0.3, 0.4) is 0 Å². The third kappa shape index (κ3) is 3.78. The highest BCUT2D eigenvalue weighted by molar-refractivity contribution is 9.10. The molecule has 1 aromatic carbocycles. The Bertz CT molecular complexity index is 569. The van der Waals surface area contributed by atoms with Crippen LogP contribution in [0.25, 0.3) is 0 Å². The lowest BCUT2D eigenvalue weighted by Crippen LogP contribution is -2.07. The van der Waals surface area contributed by atoms with Crippen molar-refractivity contribution in [3.63, 3.8) is 0 Å². The lowest BCUT2D eigenvalue weighted by molar-refractivity contribution is 0.296. The molecule has 0 radical (unpaired) electrons. The van der Waals surface area contributed by atoms with E-state index in [1.807, 2.05) is 19.2 Å². The van der Waals surface area contributed by atoms with Crippen LogP contribution in [0.1, 0.15) is 21.8 Å². The predicted octanol–water partition coefficient (Wildman–Crippen LogP) is 3.60. The summed E-state index contributed by atoms with van der Waals surface area (Å²) in [6.45, 7) is 5.16. The summed E-state index contributed by atoms with van der Waals surface area (Å²) in [6.07, 6.45) is 0.811. The number of halogens is 1. The molecule has 0 aliphatic rings. The number of hydrogen-bond acceptors (Lipinski definition) is 4. The first kappa shape index (κ1) is 14.5. The molecule has 1 heterocycles. The first-order chi connectivity index (χ1) is 9.10. The van der Waals surface area contributed by atoms with Crippen molar-refractivity contribution < 1.29 is 4.74 Å². The lowest BCUT2D eigenvalue weighted by Gasteiger charge is -2.14. The Kier molecular flexibility index (Phi) is 4.96. The van der Waals surface area contributed by atoms with Crippen LogP contribution in [0.15, 0.2) is 22.0 Å². The van der Waals surface area contributed by atoms with Gasteiger partial charge in [-0.25, -0.2) is 4.98 Å². The number of hydrogen-bond donors (Lipinski definition) is 1. The van der Waals surface area contributed by atoms with Gasteiger partial charge in [0, 0.05) is 9.85 Å². The summed E-state index contributed by atoms with van der Waals surface area (Å²) in [7, 11) is 0. The topological polar surface area (TPSA) is 48.1 Å². The largest absolute Gasteiger partial charge is 0.487 e. The van der Waals surface area contributed by atoms with E-state index in [0.29, 0.717) is 13.2 Å². The van der Waals surface area contributed by atoms with Gasteiger partial charge < -0.3 is 10.5 Å². The van der Waals surface area contributed by atoms with E-state index in [1.54, 1.807) is 11.3 Å². The number of benzene rings is 1. The Morgan fingerprint density at radius 3 is 2.79 bits per heavy atom. The second-order valence-corrected chi connectivity index (χ2v) is 6.37. The fourth-order valence-electron chi connectivity index (χ4n) is 1.97. The number of ether oxygens (including phenoxy) is 1. The minimum Gasteiger partial charge on any atom is -0.487 e. The zero-order chi connectivity index (χ0) is 13.8. The van der Waals surface area contributed by atoms with Crippen LogP contribution < -0.4 is 10.5 Å². The Balaban J connectivity index is 2.18. The molecule has 0 saturated heterocycles. The zero-order valence-corrected chi connectivity index (χ0v) is 13.5. The smallest absolute Gasteiger partial charge is 0.131 e. The van der Waals surface area contributed by atoms with Crippen LogP contribution in [-0.4, -0.2) is 11.5 Å². The van der Waals surface area contributed by atoms with Crippen molar-refractivity contribution in [3.8, 4) is 5.75 Å². The molecule has 3 nitrogen and oxygen atoms in total. The summed E-state index contributed by atoms with van der Waals surface area (Å²) in [5, 5.41) is 3.10. The maximum absolute atomic E-state index is 5.94. The molecule has 0 amide bonds. The van der Waals surface area contributed by atoms with Gasteiger partial charge in [-0.1, -0.05) is 15.9 Å². The average Bonchev–Trinajstić information content (AvgIpc) is 2.74. The van der Waals surface area contributed by atoms with Gasteiger partial charge in [-0.15, -0.1) is 11.3 Å². The number of rotatable bonds is 5. The summed E-state index contributed by atoms with van der Waals surface area (Å²) in [4.78, 5) is 4.41. The van der Waals surface area contributed by atoms with Gasteiger partial charge in [-0.3, -0.25) is 0 Å². The van der Waals surface area contributed by atoms with E-state index in [9.17, 15) is 0 Å². The molecule has 0 bridgehead atoms. The highest BCUT2D eigenvalue weighted by atomic mass is 79.9. The van der Waals surface area contributed by atoms with E-state index in [2.05, 4.69) is 33.0 Å². The maximum Gasteiger partial charge on any atom is 0.131 e. The van der Waals surface area contributed by atoms with Crippen molar-refractivity contribution in [1.29, 1.82) is 0 Å². The van der Waals surface area contributed by atoms with Crippen molar-refractivity contribution >= 4 is 27.3 Å². The SMILES string of the molecule is Cc1nc(COc2c(C)cc(Br)cc2CCN)cs1. The fraction of sp³-hybridized carbons (Fsp3) is 0.357. The third-order valence-corrected chi connectivity index (χ3v) is 4.04. The van der Waals surface area contributed by atoms with Crippen LogP contribution >= 0.6 is 27.3 Å². The molecule has 2 rings (SSSR count). The first-order valence-electron chi connectivity index (χ1n) is 6.13. The molecule has 19 heavy (non-hydrogen) atoms. The fourth-order valence-corrected chi connectivity index (χ4v) is 3.18. The molecule has 0 saturated carbocycles. The zero-order valence-electron chi connectivity index (χ0n) is 11.1. The lowest BCUT2D eigenvalue weighted by atomic mass is 10.1. The normalized spacial score (nSPS) is 10.7. The number of nitrogens with two attached hydrogens (primary N) is 1. The summed E-state index contributed by atoms with van der Waals surface area (Å²) < 4.78 is 7.00. The standard InChI is InChI=1S/C14H17BrN2OS/c1-9-5-12(15)6-11(3-4-16)14(9)18-7-13-8-19-10(2)17-13/h5-6,8H,3-4,7,16H2,1-2H3. The summed E-state index contributed by atoms with van der Waals surface area (Å²) in [5.74, 6) is 0.930. The van der Waals surface area contributed by atoms with Crippen LogP contribution in [0.5, 0.6) is 5.75 Å². The van der Waals surface area contributed by atoms with E-state index in [0.717, 1.165) is 38.5 Å². The van der Waals surface area contributed by atoms with E-state index in [-0.39, 0.29) is 0 Å². The van der Waals surface area contributed by atoms with Crippen molar-refractivity contribution in [2.75, 3.05) is 6.54 Å². The van der Waals surface area contributed by atoms with Gasteiger partial charge in [0.05, 0.1) is 10.7 Å². The minimum atomic E-state index is 0.504. The van der Waals surface area contributed by atoms with Gasteiger partial charge in [0.15, 0.2) is 0 Å². The van der Waals surface area contributed by atoms with E-state index in [4.69, 9.17) is 10.5 Å². The third-order valence-electron chi connectivity index (χ3n) is 2.76. The number of thiazole rings is 1. The minimum absolute atomic E-state index is 0.504. The van der Waals surface area contributed by atoms with E-state index < -0.39 is 0 Å². The first-order valence-corrected chi connectivity index (χ1v) is 7.80. The number of nitrogens with zero attached hydrogens (tertiary/aromatic N) is 1. The summed E-state index contributed by atoms with van der Waals surface area (Å²) in [5.41, 5.74) is 8.89. The van der Waals surface area contributed by atoms with Gasteiger partial charge in [0.25, 0.3) is 0 Å². The average molecular weight is 341 g/mol. The summed E-state index contributed by atoms with van der Waals surface area (Å²) in [6, 6.07) is 4.13. The molecule has 0 unspecified atom stereocenters. The molecule has 2 aromatic rings.